The smallest absolute Gasteiger partial charge is 0.219 e. The lowest BCUT2D eigenvalue weighted by Crippen LogP contribution is -2.49. The van der Waals surface area contributed by atoms with Crippen LogP contribution in [0.25, 0.3) is 0 Å². The summed E-state index contributed by atoms with van der Waals surface area (Å²) in [6, 6.07) is 1.05. The monoisotopic (exact) mass is 210 g/mol. The summed E-state index contributed by atoms with van der Waals surface area (Å²) in [6.45, 7) is 3.88. The zero-order valence-corrected chi connectivity index (χ0v) is 9.67. The molecule has 1 saturated heterocycles. The van der Waals surface area contributed by atoms with Crippen LogP contribution in [0.4, 0.5) is 0 Å². The van der Waals surface area contributed by atoms with Crippen LogP contribution in [-0.4, -0.2) is 36.0 Å². The summed E-state index contributed by atoms with van der Waals surface area (Å²) in [5.41, 5.74) is 0. The second kappa shape index (κ2) is 4.97. The lowest BCUT2D eigenvalue weighted by Gasteiger charge is -2.38. The summed E-state index contributed by atoms with van der Waals surface area (Å²) in [5, 5.41) is 3.36. The van der Waals surface area contributed by atoms with E-state index in [2.05, 4.69) is 10.2 Å². The minimum atomic E-state index is 0.286. The van der Waals surface area contributed by atoms with E-state index in [-0.39, 0.29) is 5.91 Å². The summed E-state index contributed by atoms with van der Waals surface area (Å²) in [4.78, 5) is 13.9. The van der Waals surface area contributed by atoms with E-state index in [0.717, 1.165) is 25.9 Å². The molecule has 1 amide bonds. The molecule has 0 aromatic heterocycles. The molecule has 2 aliphatic rings. The van der Waals surface area contributed by atoms with Crippen LogP contribution < -0.4 is 5.32 Å². The van der Waals surface area contributed by atoms with Crippen LogP contribution in [0, 0.1) is 0 Å². The van der Waals surface area contributed by atoms with Gasteiger partial charge in [-0.25, -0.2) is 0 Å². The third-order valence-corrected chi connectivity index (χ3v) is 3.78. The molecule has 3 heteroatoms. The SMILES string of the molecule is CC(=O)N(C1CCCC1)C1CCNCC1. The minimum absolute atomic E-state index is 0.286. The highest BCUT2D eigenvalue weighted by Gasteiger charge is 2.31. The van der Waals surface area contributed by atoms with Crippen molar-refractivity contribution in [1.82, 2.24) is 10.2 Å². The number of hydrogen-bond donors (Lipinski definition) is 1. The highest BCUT2D eigenvalue weighted by molar-refractivity contribution is 5.74. The molecule has 0 atom stereocenters. The number of carbonyl (C=O) groups excluding carboxylic acids is 1. The van der Waals surface area contributed by atoms with Gasteiger partial charge in [0.1, 0.15) is 0 Å². The number of carbonyl (C=O) groups is 1. The Labute approximate surface area is 92.2 Å². The summed E-state index contributed by atoms with van der Waals surface area (Å²) in [5.74, 6) is 0.286. The van der Waals surface area contributed by atoms with Gasteiger partial charge >= 0.3 is 0 Å². The molecule has 0 bridgehead atoms. The largest absolute Gasteiger partial charge is 0.337 e. The Kier molecular flexibility index (Phi) is 3.62. The van der Waals surface area contributed by atoms with Crippen molar-refractivity contribution in [2.45, 2.75) is 57.5 Å². The number of rotatable bonds is 2. The number of piperidine rings is 1. The van der Waals surface area contributed by atoms with Gasteiger partial charge in [-0.2, -0.15) is 0 Å². The fraction of sp³-hybridized carbons (Fsp3) is 0.917. The van der Waals surface area contributed by atoms with Crippen molar-refractivity contribution in [1.29, 1.82) is 0 Å². The number of nitrogens with one attached hydrogen (secondary N) is 1. The predicted molar refractivity (Wildman–Crippen MR) is 60.7 cm³/mol. The fourth-order valence-electron chi connectivity index (χ4n) is 3.08. The van der Waals surface area contributed by atoms with Gasteiger partial charge in [-0.1, -0.05) is 12.8 Å². The van der Waals surface area contributed by atoms with Crippen LogP contribution in [0.3, 0.4) is 0 Å². The molecular weight excluding hydrogens is 188 g/mol. The van der Waals surface area contributed by atoms with Crippen molar-refractivity contribution < 1.29 is 4.79 Å². The first-order valence-corrected chi connectivity index (χ1v) is 6.28. The lowest BCUT2D eigenvalue weighted by molar-refractivity contribution is -0.134. The Morgan fingerprint density at radius 2 is 1.60 bits per heavy atom. The molecule has 1 aliphatic heterocycles. The predicted octanol–water partition coefficient (Wildman–Crippen LogP) is 1.53. The molecule has 2 fully saturated rings. The maximum Gasteiger partial charge on any atom is 0.219 e. The Balaban J connectivity index is 2.00. The Morgan fingerprint density at radius 1 is 1.07 bits per heavy atom. The van der Waals surface area contributed by atoms with E-state index in [1.165, 1.54) is 25.7 Å². The van der Waals surface area contributed by atoms with E-state index >= 15 is 0 Å². The Hall–Kier alpha value is -0.570. The molecule has 1 N–H and O–H groups in total. The van der Waals surface area contributed by atoms with Gasteiger partial charge in [-0.3, -0.25) is 4.79 Å². The van der Waals surface area contributed by atoms with Gasteiger partial charge in [0, 0.05) is 19.0 Å². The van der Waals surface area contributed by atoms with E-state index in [1.54, 1.807) is 6.92 Å². The van der Waals surface area contributed by atoms with Gasteiger partial charge in [-0.05, 0) is 38.8 Å². The van der Waals surface area contributed by atoms with E-state index in [4.69, 9.17) is 0 Å². The quantitative estimate of drug-likeness (QED) is 0.749. The summed E-state index contributed by atoms with van der Waals surface area (Å²) in [7, 11) is 0. The van der Waals surface area contributed by atoms with Gasteiger partial charge in [0.2, 0.25) is 5.91 Å². The fourth-order valence-corrected chi connectivity index (χ4v) is 3.08. The second-order valence-corrected chi connectivity index (χ2v) is 4.85. The van der Waals surface area contributed by atoms with Crippen LogP contribution >= 0.6 is 0 Å². The Morgan fingerprint density at radius 3 is 2.13 bits per heavy atom. The van der Waals surface area contributed by atoms with Crippen LogP contribution in [-0.2, 0) is 4.79 Å². The van der Waals surface area contributed by atoms with Crippen LogP contribution in [0.5, 0.6) is 0 Å². The van der Waals surface area contributed by atoms with E-state index in [1.807, 2.05) is 0 Å². The summed E-state index contributed by atoms with van der Waals surface area (Å²) in [6.07, 6.45) is 7.33. The highest BCUT2D eigenvalue weighted by Crippen LogP contribution is 2.27. The van der Waals surface area contributed by atoms with Gasteiger partial charge in [0.15, 0.2) is 0 Å². The second-order valence-electron chi connectivity index (χ2n) is 4.85. The normalized spacial score (nSPS) is 24.3. The van der Waals surface area contributed by atoms with Crippen molar-refractivity contribution in [3.05, 3.63) is 0 Å². The van der Waals surface area contributed by atoms with E-state index in [9.17, 15) is 4.79 Å². The van der Waals surface area contributed by atoms with Crippen LogP contribution in [0.15, 0.2) is 0 Å². The number of amides is 1. The molecular formula is C12H22N2O. The molecule has 15 heavy (non-hydrogen) atoms. The molecule has 2 rings (SSSR count). The number of nitrogens with zero attached hydrogens (tertiary/aromatic N) is 1. The molecule has 0 aromatic carbocycles. The standard InChI is InChI=1S/C12H22N2O/c1-10(15)14(11-4-2-3-5-11)12-6-8-13-9-7-12/h11-13H,2-9H2,1H3. The van der Waals surface area contributed by atoms with Crippen molar-refractivity contribution in [3.63, 3.8) is 0 Å². The van der Waals surface area contributed by atoms with Gasteiger partial charge in [0.25, 0.3) is 0 Å². The first-order valence-electron chi connectivity index (χ1n) is 6.28. The van der Waals surface area contributed by atoms with Crippen molar-refractivity contribution in [3.8, 4) is 0 Å². The molecule has 1 heterocycles. The van der Waals surface area contributed by atoms with Crippen molar-refractivity contribution in [2.24, 2.45) is 0 Å². The summed E-state index contributed by atoms with van der Waals surface area (Å²) >= 11 is 0. The molecule has 86 valence electrons. The van der Waals surface area contributed by atoms with Crippen LogP contribution in [0.1, 0.15) is 45.4 Å². The average Bonchev–Trinajstić information content (AvgIpc) is 2.72. The molecule has 0 unspecified atom stereocenters. The van der Waals surface area contributed by atoms with Crippen LogP contribution in [0.2, 0.25) is 0 Å². The molecule has 0 aromatic rings. The first-order chi connectivity index (χ1) is 7.29. The Bertz CT molecular complexity index is 218. The molecule has 1 aliphatic carbocycles. The van der Waals surface area contributed by atoms with Crippen molar-refractivity contribution in [2.75, 3.05) is 13.1 Å². The third kappa shape index (κ3) is 2.51. The van der Waals surface area contributed by atoms with Gasteiger partial charge < -0.3 is 10.2 Å². The van der Waals surface area contributed by atoms with Gasteiger partial charge in [-0.15, -0.1) is 0 Å². The lowest BCUT2D eigenvalue weighted by atomic mass is 10.0. The minimum Gasteiger partial charge on any atom is -0.337 e. The van der Waals surface area contributed by atoms with Gasteiger partial charge in [0.05, 0.1) is 0 Å². The molecule has 0 spiro atoms. The molecule has 3 nitrogen and oxygen atoms in total. The summed E-state index contributed by atoms with van der Waals surface area (Å²) < 4.78 is 0. The van der Waals surface area contributed by atoms with Crippen molar-refractivity contribution >= 4 is 5.91 Å². The van der Waals surface area contributed by atoms with E-state index in [0.29, 0.717) is 12.1 Å². The third-order valence-electron chi connectivity index (χ3n) is 3.78. The zero-order chi connectivity index (χ0) is 10.7. The average molecular weight is 210 g/mol. The molecule has 0 radical (unpaired) electrons. The number of hydrogen-bond acceptors (Lipinski definition) is 2. The topological polar surface area (TPSA) is 32.3 Å². The maximum absolute atomic E-state index is 11.7. The highest BCUT2D eigenvalue weighted by atomic mass is 16.2. The first kappa shape index (κ1) is 10.9. The zero-order valence-electron chi connectivity index (χ0n) is 9.67. The van der Waals surface area contributed by atoms with E-state index < -0.39 is 0 Å². The molecule has 1 saturated carbocycles. The maximum atomic E-state index is 11.7.